The molecular formula is C18H14Cl2N2. The standard InChI is InChI=1S/C18H14Cl2N2/c19-16-7-5-13(6-8-16)17(15-4-1-9-21-12-15)11-14-3-2-10-22-18(14)20/h1-10,12,17H,11H2. The van der Waals surface area contributed by atoms with Gasteiger partial charge in [-0.1, -0.05) is 47.5 Å². The fourth-order valence-electron chi connectivity index (χ4n) is 2.50. The predicted octanol–water partition coefficient (Wildman–Crippen LogP) is 5.16. The summed E-state index contributed by atoms with van der Waals surface area (Å²) in [5.74, 6) is 0.160. The molecule has 0 N–H and O–H groups in total. The second kappa shape index (κ2) is 6.91. The molecule has 2 heterocycles. The van der Waals surface area contributed by atoms with E-state index >= 15 is 0 Å². The molecule has 1 atom stereocenters. The Morgan fingerprint density at radius 3 is 2.32 bits per heavy atom. The van der Waals surface area contributed by atoms with Gasteiger partial charge in [-0.3, -0.25) is 4.98 Å². The second-order valence-corrected chi connectivity index (χ2v) is 5.84. The van der Waals surface area contributed by atoms with Crippen LogP contribution in [-0.2, 0) is 6.42 Å². The first-order valence-corrected chi connectivity index (χ1v) is 7.74. The van der Waals surface area contributed by atoms with E-state index in [0.717, 1.165) is 22.6 Å². The van der Waals surface area contributed by atoms with Crippen molar-refractivity contribution in [2.75, 3.05) is 0 Å². The molecule has 0 saturated carbocycles. The highest BCUT2D eigenvalue weighted by Gasteiger charge is 2.17. The van der Waals surface area contributed by atoms with Gasteiger partial charge in [-0.25, -0.2) is 4.98 Å². The lowest BCUT2D eigenvalue weighted by Crippen LogP contribution is -2.06. The van der Waals surface area contributed by atoms with Gasteiger partial charge in [0.2, 0.25) is 0 Å². The van der Waals surface area contributed by atoms with Crippen molar-refractivity contribution in [1.29, 1.82) is 0 Å². The number of rotatable bonds is 4. The molecule has 4 heteroatoms. The van der Waals surface area contributed by atoms with Gasteiger partial charge in [0.1, 0.15) is 5.15 Å². The number of pyridine rings is 2. The summed E-state index contributed by atoms with van der Waals surface area (Å²) < 4.78 is 0. The number of hydrogen-bond acceptors (Lipinski definition) is 2. The summed E-state index contributed by atoms with van der Waals surface area (Å²) in [4.78, 5) is 8.40. The summed E-state index contributed by atoms with van der Waals surface area (Å²) in [7, 11) is 0. The van der Waals surface area contributed by atoms with E-state index in [-0.39, 0.29) is 5.92 Å². The van der Waals surface area contributed by atoms with E-state index in [1.807, 2.05) is 48.7 Å². The van der Waals surface area contributed by atoms with Crippen LogP contribution in [0.4, 0.5) is 0 Å². The van der Waals surface area contributed by atoms with Crippen LogP contribution in [0.25, 0.3) is 0 Å². The van der Waals surface area contributed by atoms with Crippen LogP contribution >= 0.6 is 23.2 Å². The maximum atomic E-state index is 6.22. The Labute approximate surface area is 139 Å². The highest BCUT2D eigenvalue weighted by Crippen LogP contribution is 2.30. The van der Waals surface area contributed by atoms with Gasteiger partial charge in [0, 0.05) is 29.5 Å². The van der Waals surface area contributed by atoms with Gasteiger partial charge in [0.15, 0.2) is 0 Å². The minimum Gasteiger partial charge on any atom is -0.264 e. The third-order valence-corrected chi connectivity index (χ3v) is 4.21. The first kappa shape index (κ1) is 15.0. The summed E-state index contributed by atoms with van der Waals surface area (Å²) in [6, 6.07) is 15.8. The molecule has 0 spiro atoms. The van der Waals surface area contributed by atoms with Crippen LogP contribution in [0.1, 0.15) is 22.6 Å². The molecule has 2 nitrogen and oxygen atoms in total. The van der Waals surface area contributed by atoms with Crippen molar-refractivity contribution >= 4 is 23.2 Å². The summed E-state index contributed by atoms with van der Waals surface area (Å²) >= 11 is 12.2. The molecule has 22 heavy (non-hydrogen) atoms. The molecule has 0 aliphatic heterocycles. The van der Waals surface area contributed by atoms with Gasteiger partial charge in [-0.15, -0.1) is 0 Å². The van der Waals surface area contributed by atoms with E-state index in [2.05, 4.69) is 16.0 Å². The summed E-state index contributed by atoms with van der Waals surface area (Å²) in [5.41, 5.74) is 3.34. The van der Waals surface area contributed by atoms with E-state index in [0.29, 0.717) is 5.15 Å². The molecule has 0 amide bonds. The lowest BCUT2D eigenvalue weighted by molar-refractivity contribution is 0.796. The molecule has 1 unspecified atom stereocenters. The van der Waals surface area contributed by atoms with E-state index in [1.54, 1.807) is 12.4 Å². The van der Waals surface area contributed by atoms with Crippen LogP contribution in [0.5, 0.6) is 0 Å². The van der Waals surface area contributed by atoms with Gasteiger partial charge in [-0.05, 0) is 47.4 Å². The van der Waals surface area contributed by atoms with Gasteiger partial charge in [-0.2, -0.15) is 0 Å². The number of halogens is 2. The Bertz CT molecular complexity index is 743. The fourth-order valence-corrected chi connectivity index (χ4v) is 2.82. The van der Waals surface area contributed by atoms with Crippen molar-refractivity contribution in [2.24, 2.45) is 0 Å². The zero-order chi connectivity index (χ0) is 15.4. The quantitative estimate of drug-likeness (QED) is 0.618. The minimum absolute atomic E-state index is 0.160. The Morgan fingerprint density at radius 2 is 1.64 bits per heavy atom. The summed E-state index contributed by atoms with van der Waals surface area (Å²) in [6.45, 7) is 0. The van der Waals surface area contributed by atoms with Crippen molar-refractivity contribution in [3.8, 4) is 0 Å². The molecule has 0 aliphatic carbocycles. The van der Waals surface area contributed by atoms with E-state index in [9.17, 15) is 0 Å². The average molecular weight is 329 g/mol. The van der Waals surface area contributed by atoms with Crippen molar-refractivity contribution in [2.45, 2.75) is 12.3 Å². The largest absolute Gasteiger partial charge is 0.264 e. The minimum atomic E-state index is 0.160. The molecule has 0 saturated heterocycles. The van der Waals surface area contributed by atoms with Crippen LogP contribution < -0.4 is 0 Å². The Hall–Kier alpha value is -1.90. The molecule has 3 rings (SSSR count). The molecule has 0 radical (unpaired) electrons. The molecule has 1 aromatic carbocycles. The summed E-state index contributed by atoms with van der Waals surface area (Å²) in [6.07, 6.45) is 6.14. The average Bonchev–Trinajstić information content (AvgIpc) is 2.56. The highest BCUT2D eigenvalue weighted by atomic mass is 35.5. The maximum absolute atomic E-state index is 6.22. The maximum Gasteiger partial charge on any atom is 0.132 e. The molecule has 0 fully saturated rings. The topological polar surface area (TPSA) is 25.8 Å². The Morgan fingerprint density at radius 1 is 0.864 bits per heavy atom. The Balaban J connectivity index is 2.00. The van der Waals surface area contributed by atoms with Crippen molar-refractivity contribution in [3.05, 3.63) is 94.0 Å². The third-order valence-electron chi connectivity index (χ3n) is 3.62. The first-order chi connectivity index (χ1) is 10.7. The SMILES string of the molecule is Clc1ccc(C(Cc2cccnc2Cl)c2cccnc2)cc1. The monoisotopic (exact) mass is 328 g/mol. The molecule has 110 valence electrons. The van der Waals surface area contributed by atoms with Crippen molar-refractivity contribution in [1.82, 2.24) is 9.97 Å². The van der Waals surface area contributed by atoms with Crippen molar-refractivity contribution in [3.63, 3.8) is 0 Å². The second-order valence-electron chi connectivity index (χ2n) is 5.05. The Kier molecular flexibility index (Phi) is 4.71. The number of benzene rings is 1. The zero-order valence-electron chi connectivity index (χ0n) is 11.8. The fraction of sp³-hybridized carbons (Fsp3) is 0.111. The zero-order valence-corrected chi connectivity index (χ0v) is 13.3. The normalized spacial score (nSPS) is 12.1. The molecule has 0 bridgehead atoms. The van der Waals surface area contributed by atoms with E-state index in [1.165, 1.54) is 5.56 Å². The first-order valence-electron chi connectivity index (χ1n) is 6.99. The van der Waals surface area contributed by atoms with Gasteiger partial charge < -0.3 is 0 Å². The van der Waals surface area contributed by atoms with E-state index in [4.69, 9.17) is 23.2 Å². The predicted molar refractivity (Wildman–Crippen MR) is 90.5 cm³/mol. The highest BCUT2D eigenvalue weighted by molar-refractivity contribution is 6.30. The van der Waals surface area contributed by atoms with Crippen LogP contribution in [0.15, 0.2) is 67.1 Å². The van der Waals surface area contributed by atoms with Gasteiger partial charge >= 0.3 is 0 Å². The van der Waals surface area contributed by atoms with Crippen LogP contribution in [-0.4, -0.2) is 9.97 Å². The van der Waals surface area contributed by atoms with Gasteiger partial charge in [0.25, 0.3) is 0 Å². The third kappa shape index (κ3) is 3.46. The molecular weight excluding hydrogens is 315 g/mol. The lowest BCUT2D eigenvalue weighted by atomic mass is 9.87. The van der Waals surface area contributed by atoms with Crippen molar-refractivity contribution < 1.29 is 0 Å². The summed E-state index contributed by atoms with van der Waals surface area (Å²) in [5, 5.41) is 1.28. The van der Waals surface area contributed by atoms with E-state index < -0.39 is 0 Å². The molecule has 2 aromatic heterocycles. The molecule has 0 aliphatic rings. The lowest BCUT2D eigenvalue weighted by Gasteiger charge is -2.18. The number of hydrogen-bond donors (Lipinski definition) is 0. The van der Waals surface area contributed by atoms with Crippen LogP contribution in [0.2, 0.25) is 10.2 Å². The van der Waals surface area contributed by atoms with Crippen LogP contribution in [0, 0.1) is 0 Å². The molecule has 3 aromatic rings. The van der Waals surface area contributed by atoms with Crippen LogP contribution in [0.3, 0.4) is 0 Å². The smallest absolute Gasteiger partial charge is 0.132 e. The van der Waals surface area contributed by atoms with Gasteiger partial charge in [0.05, 0.1) is 0 Å². The number of aromatic nitrogens is 2. The number of nitrogens with zero attached hydrogens (tertiary/aromatic N) is 2.